The summed E-state index contributed by atoms with van der Waals surface area (Å²) in [5.41, 5.74) is 1.02. The molecule has 0 amide bonds. The molecule has 3 rings (SSSR count). The highest BCUT2D eigenvalue weighted by Crippen LogP contribution is 2.28. The minimum atomic E-state index is -0.616. The second kappa shape index (κ2) is 4.77. The second-order valence-electron chi connectivity index (χ2n) is 4.89. The summed E-state index contributed by atoms with van der Waals surface area (Å²) in [6.07, 6.45) is 1.14. The number of rotatable bonds is 2. The molecule has 1 aromatic carbocycles. The van der Waals surface area contributed by atoms with Crippen LogP contribution in [0.5, 0.6) is 0 Å². The molecule has 1 fully saturated rings. The quantitative estimate of drug-likeness (QED) is 0.727. The predicted molar refractivity (Wildman–Crippen MR) is 79.1 cm³/mol. The van der Waals surface area contributed by atoms with E-state index < -0.39 is 11.1 Å². The maximum Gasteiger partial charge on any atom is 0.314 e. The molecule has 0 spiro atoms. The lowest BCUT2D eigenvalue weighted by Crippen LogP contribution is -2.29. The van der Waals surface area contributed by atoms with E-state index in [1.54, 1.807) is 6.07 Å². The largest absolute Gasteiger partial charge is 0.381 e. The van der Waals surface area contributed by atoms with Crippen LogP contribution in [0.3, 0.4) is 0 Å². The van der Waals surface area contributed by atoms with Crippen LogP contribution in [0.2, 0.25) is 0 Å². The van der Waals surface area contributed by atoms with Crippen molar-refractivity contribution in [2.45, 2.75) is 24.6 Å². The fourth-order valence-corrected chi connectivity index (χ4v) is 3.51. The van der Waals surface area contributed by atoms with Crippen LogP contribution in [0.25, 0.3) is 11.0 Å². The minimum absolute atomic E-state index is 0.465. The Bertz CT molecular complexity index is 722. The van der Waals surface area contributed by atoms with Gasteiger partial charge in [-0.2, -0.15) is 11.8 Å². The number of thioether (sulfide) groups is 1. The molecule has 2 unspecified atom stereocenters. The number of benzene rings is 1. The van der Waals surface area contributed by atoms with Crippen LogP contribution < -0.4 is 16.4 Å². The van der Waals surface area contributed by atoms with Gasteiger partial charge in [-0.1, -0.05) is 6.92 Å². The van der Waals surface area contributed by atoms with Crippen LogP contribution >= 0.6 is 11.8 Å². The molecule has 0 saturated carbocycles. The molecule has 5 nitrogen and oxygen atoms in total. The number of H-pyrrole nitrogens is 2. The highest BCUT2D eigenvalue weighted by Gasteiger charge is 2.21. The smallest absolute Gasteiger partial charge is 0.314 e. The van der Waals surface area contributed by atoms with Gasteiger partial charge in [-0.25, -0.2) is 0 Å². The molecule has 100 valence electrons. The van der Waals surface area contributed by atoms with Gasteiger partial charge in [-0.3, -0.25) is 9.59 Å². The fraction of sp³-hybridized carbons (Fsp3) is 0.385. The number of nitrogens with one attached hydrogen (secondary N) is 3. The molecule has 0 radical (unpaired) electrons. The normalized spacial score (nSPS) is 22.8. The van der Waals surface area contributed by atoms with Gasteiger partial charge in [-0.15, -0.1) is 0 Å². The van der Waals surface area contributed by atoms with Crippen molar-refractivity contribution in [2.75, 3.05) is 11.1 Å². The Labute approximate surface area is 113 Å². The van der Waals surface area contributed by atoms with Gasteiger partial charge in [0.1, 0.15) is 0 Å². The lowest BCUT2D eigenvalue weighted by atomic mass is 10.2. The first kappa shape index (κ1) is 12.3. The van der Waals surface area contributed by atoms with Gasteiger partial charge in [0.15, 0.2) is 0 Å². The Balaban J connectivity index is 1.91. The lowest BCUT2D eigenvalue weighted by Gasteiger charge is -2.13. The predicted octanol–water partition coefficient (Wildman–Crippen LogP) is 1.52. The fourth-order valence-electron chi connectivity index (χ4n) is 2.36. The zero-order valence-corrected chi connectivity index (χ0v) is 11.3. The van der Waals surface area contributed by atoms with Gasteiger partial charge >= 0.3 is 11.1 Å². The zero-order chi connectivity index (χ0) is 13.4. The Morgan fingerprint density at radius 3 is 2.63 bits per heavy atom. The summed E-state index contributed by atoms with van der Waals surface area (Å²) in [6.45, 7) is 2.23. The molecule has 2 atom stereocenters. The van der Waals surface area contributed by atoms with E-state index in [0.717, 1.165) is 17.9 Å². The summed E-state index contributed by atoms with van der Waals surface area (Å²) in [5.74, 6) is 1.10. The number of aromatic amines is 2. The first-order valence-electron chi connectivity index (χ1n) is 6.26. The van der Waals surface area contributed by atoms with Crippen LogP contribution in [0.15, 0.2) is 27.8 Å². The summed E-state index contributed by atoms with van der Waals surface area (Å²) >= 11 is 1.96. The first-order chi connectivity index (χ1) is 9.11. The molecule has 1 saturated heterocycles. The summed E-state index contributed by atoms with van der Waals surface area (Å²) in [4.78, 5) is 27.7. The average molecular weight is 277 g/mol. The molecule has 19 heavy (non-hydrogen) atoms. The molecule has 3 N–H and O–H groups in total. The third-order valence-corrected chi connectivity index (χ3v) is 4.65. The van der Waals surface area contributed by atoms with Gasteiger partial charge in [0, 0.05) is 22.7 Å². The number of hydrogen-bond donors (Lipinski definition) is 3. The number of hydrogen-bond acceptors (Lipinski definition) is 4. The highest BCUT2D eigenvalue weighted by molar-refractivity contribution is 8.00. The van der Waals surface area contributed by atoms with Crippen molar-refractivity contribution in [1.82, 2.24) is 9.97 Å². The van der Waals surface area contributed by atoms with E-state index in [-0.39, 0.29) is 0 Å². The maximum atomic E-state index is 11.3. The Hall–Kier alpha value is -1.69. The number of aromatic nitrogens is 2. The molecular formula is C13H15N3O2S. The molecule has 2 aromatic rings. The van der Waals surface area contributed by atoms with Crippen LogP contribution in [-0.2, 0) is 0 Å². The molecule has 0 aliphatic carbocycles. The van der Waals surface area contributed by atoms with E-state index in [1.165, 1.54) is 0 Å². The van der Waals surface area contributed by atoms with Gasteiger partial charge < -0.3 is 15.3 Å². The maximum absolute atomic E-state index is 11.3. The van der Waals surface area contributed by atoms with Crippen molar-refractivity contribution in [3.63, 3.8) is 0 Å². The first-order valence-corrected chi connectivity index (χ1v) is 7.31. The SMILES string of the molecule is CC1CC(Nc2ccc3[nH]c(=O)c(=O)[nH]c3c2)CS1. The molecule has 1 aromatic heterocycles. The van der Waals surface area contributed by atoms with E-state index in [0.29, 0.717) is 22.3 Å². The van der Waals surface area contributed by atoms with E-state index in [9.17, 15) is 9.59 Å². The van der Waals surface area contributed by atoms with Crippen molar-refractivity contribution in [3.05, 3.63) is 38.9 Å². The second-order valence-corrected chi connectivity index (χ2v) is 6.36. The van der Waals surface area contributed by atoms with Crippen molar-refractivity contribution >= 4 is 28.5 Å². The number of fused-ring (bicyclic) bond motifs is 1. The van der Waals surface area contributed by atoms with Gasteiger partial charge in [0.05, 0.1) is 11.0 Å². The monoisotopic (exact) mass is 277 g/mol. The summed E-state index contributed by atoms with van der Waals surface area (Å²) < 4.78 is 0. The Morgan fingerprint density at radius 2 is 1.95 bits per heavy atom. The molecule has 2 heterocycles. The topological polar surface area (TPSA) is 77.8 Å². The highest BCUT2D eigenvalue weighted by atomic mass is 32.2. The van der Waals surface area contributed by atoms with Crippen LogP contribution in [-0.4, -0.2) is 27.0 Å². The number of anilines is 1. The molecule has 6 heteroatoms. The van der Waals surface area contributed by atoms with Crippen LogP contribution in [0.4, 0.5) is 5.69 Å². The van der Waals surface area contributed by atoms with Crippen molar-refractivity contribution in [1.29, 1.82) is 0 Å². The standard InChI is InChI=1S/C13H15N3O2S/c1-7-4-9(6-19-7)14-8-2-3-10-11(5-8)16-13(18)12(17)15-10/h2-3,5,7,9,14H,4,6H2,1H3,(H,15,17)(H,16,18). The summed E-state index contributed by atoms with van der Waals surface area (Å²) in [6, 6.07) is 6.05. The van der Waals surface area contributed by atoms with Gasteiger partial charge in [0.2, 0.25) is 0 Å². The average Bonchev–Trinajstić information content (AvgIpc) is 2.77. The van der Waals surface area contributed by atoms with Gasteiger partial charge in [-0.05, 0) is 24.6 Å². The van der Waals surface area contributed by atoms with Crippen molar-refractivity contribution < 1.29 is 0 Å². The lowest BCUT2D eigenvalue weighted by molar-refractivity contribution is 0.747. The van der Waals surface area contributed by atoms with Gasteiger partial charge in [0.25, 0.3) is 0 Å². The third-order valence-electron chi connectivity index (χ3n) is 3.29. The van der Waals surface area contributed by atoms with E-state index in [4.69, 9.17) is 0 Å². The summed E-state index contributed by atoms with van der Waals surface area (Å²) in [7, 11) is 0. The molecular weight excluding hydrogens is 262 g/mol. The minimum Gasteiger partial charge on any atom is -0.381 e. The van der Waals surface area contributed by atoms with Crippen LogP contribution in [0, 0.1) is 0 Å². The Kier molecular flexibility index (Phi) is 3.10. The van der Waals surface area contributed by atoms with Crippen LogP contribution in [0.1, 0.15) is 13.3 Å². The van der Waals surface area contributed by atoms with Crippen molar-refractivity contribution in [3.8, 4) is 0 Å². The third kappa shape index (κ3) is 2.53. The molecule has 0 bridgehead atoms. The molecule has 1 aliphatic rings. The molecule has 1 aliphatic heterocycles. The zero-order valence-electron chi connectivity index (χ0n) is 10.5. The van der Waals surface area contributed by atoms with Crippen molar-refractivity contribution in [2.24, 2.45) is 0 Å². The Morgan fingerprint density at radius 1 is 1.21 bits per heavy atom. The van der Waals surface area contributed by atoms with E-state index in [2.05, 4.69) is 22.2 Å². The summed E-state index contributed by atoms with van der Waals surface area (Å²) in [5, 5.41) is 4.15. The van der Waals surface area contributed by atoms with E-state index >= 15 is 0 Å². The van der Waals surface area contributed by atoms with E-state index in [1.807, 2.05) is 23.9 Å².